The predicted octanol–water partition coefficient (Wildman–Crippen LogP) is 2.76. The number of rotatable bonds is 4. The van der Waals surface area contributed by atoms with E-state index in [9.17, 15) is 13.2 Å². The first-order chi connectivity index (χ1) is 13.0. The largest absolute Gasteiger partial charge is 0.349 e. The van der Waals surface area contributed by atoms with E-state index in [1.54, 1.807) is 22.5 Å². The Bertz CT molecular complexity index is 933. The van der Waals surface area contributed by atoms with Crippen molar-refractivity contribution in [3.05, 3.63) is 65.2 Å². The van der Waals surface area contributed by atoms with Crippen molar-refractivity contribution < 1.29 is 13.2 Å². The Morgan fingerprint density at radius 2 is 1.67 bits per heavy atom. The van der Waals surface area contributed by atoms with Gasteiger partial charge in [0.15, 0.2) is 0 Å². The van der Waals surface area contributed by atoms with E-state index in [2.05, 4.69) is 5.32 Å². The van der Waals surface area contributed by atoms with Crippen molar-refractivity contribution in [3.8, 4) is 0 Å². The molecule has 27 heavy (non-hydrogen) atoms. The van der Waals surface area contributed by atoms with E-state index in [1.807, 2.05) is 30.3 Å². The second-order valence-electron chi connectivity index (χ2n) is 7.30. The van der Waals surface area contributed by atoms with Crippen molar-refractivity contribution in [2.24, 2.45) is 0 Å². The molecule has 0 saturated carbocycles. The van der Waals surface area contributed by atoms with Crippen molar-refractivity contribution in [2.45, 2.75) is 43.0 Å². The molecule has 1 heterocycles. The van der Waals surface area contributed by atoms with Gasteiger partial charge >= 0.3 is 0 Å². The molecule has 4 rings (SSSR count). The lowest BCUT2D eigenvalue weighted by Crippen LogP contribution is -2.46. The molecule has 2 aromatic carbocycles. The van der Waals surface area contributed by atoms with Gasteiger partial charge in [-0.1, -0.05) is 24.3 Å². The summed E-state index contributed by atoms with van der Waals surface area (Å²) in [7, 11) is -3.47. The number of fused-ring (bicyclic) bond motifs is 1. The normalized spacial score (nSPS) is 18.2. The third-order valence-corrected chi connectivity index (χ3v) is 7.43. The predicted molar refractivity (Wildman–Crippen MR) is 104 cm³/mol. The van der Waals surface area contributed by atoms with Crippen LogP contribution in [0.4, 0.5) is 0 Å². The Morgan fingerprint density at radius 1 is 0.963 bits per heavy atom. The molecule has 0 spiro atoms. The van der Waals surface area contributed by atoms with Crippen LogP contribution in [0.5, 0.6) is 0 Å². The van der Waals surface area contributed by atoms with Gasteiger partial charge in [-0.05, 0) is 67.5 Å². The van der Waals surface area contributed by atoms with Crippen molar-refractivity contribution >= 4 is 15.9 Å². The topological polar surface area (TPSA) is 66.5 Å². The van der Waals surface area contributed by atoms with Gasteiger partial charge in [0.2, 0.25) is 10.0 Å². The highest BCUT2D eigenvalue weighted by atomic mass is 32.2. The summed E-state index contributed by atoms with van der Waals surface area (Å²) in [5.41, 5.74) is 3.07. The minimum Gasteiger partial charge on any atom is -0.349 e. The van der Waals surface area contributed by atoms with Crippen molar-refractivity contribution in [2.75, 3.05) is 13.1 Å². The summed E-state index contributed by atoms with van der Waals surface area (Å²) in [6, 6.07) is 14.7. The second-order valence-corrected chi connectivity index (χ2v) is 9.24. The minimum absolute atomic E-state index is 0.00387. The van der Waals surface area contributed by atoms with Crippen molar-refractivity contribution in [1.29, 1.82) is 0 Å². The van der Waals surface area contributed by atoms with Crippen LogP contribution in [0.2, 0.25) is 0 Å². The van der Waals surface area contributed by atoms with E-state index < -0.39 is 10.0 Å². The van der Waals surface area contributed by atoms with Gasteiger partial charge in [0.1, 0.15) is 0 Å². The van der Waals surface area contributed by atoms with Gasteiger partial charge in [0, 0.05) is 24.7 Å². The fraction of sp³-hybridized carbons (Fsp3) is 0.381. The standard InChI is InChI=1S/C21H24N2O3S/c24-21(17-5-2-1-3-6-17)22-19-11-13-23(14-12-19)27(25,26)20-10-9-16-7-4-8-18(16)15-20/h1-3,5-6,9-10,15,19H,4,7-8,11-14H2,(H,22,24). The first-order valence-corrected chi connectivity index (χ1v) is 11.0. The summed E-state index contributed by atoms with van der Waals surface area (Å²) in [6.07, 6.45) is 4.37. The first-order valence-electron chi connectivity index (χ1n) is 9.52. The number of piperidine rings is 1. The number of benzene rings is 2. The van der Waals surface area contributed by atoms with Gasteiger partial charge in [-0.15, -0.1) is 0 Å². The van der Waals surface area contributed by atoms with Crippen LogP contribution in [0.3, 0.4) is 0 Å². The molecule has 6 heteroatoms. The molecular formula is C21H24N2O3S. The number of carbonyl (C=O) groups is 1. The summed E-state index contributed by atoms with van der Waals surface area (Å²) >= 11 is 0. The van der Waals surface area contributed by atoms with Crippen LogP contribution >= 0.6 is 0 Å². The maximum absolute atomic E-state index is 13.0. The highest BCUT2D eigenvalue weighted by molar-refractivity contribution is 7.89. The zero-order valence-corrected chi connectivity index (χ0v) is 16.0. The smallest absolute Gasteiger partial charge is 0.251 e. The molecule has 0 aromatic heterocycles. The van der Waals surface area contributed by atoms with Crippen LogP contribution in [0.1, 0.15) is 40.7 Å². The molecule has 1 fully saturated rings. The number of carbonyl (C=O) groups excluding carboxylic acids is 1. The molecule has 142 valence electrons. The molecule has 1 aliphatic heterocycles. The maximum Gasteiger partial charge on any atom is 0.251 e. The fourth-order valence-electron chi connectivity index (χ4n) is 3.96. The lowest BCUT2D eigenvalue weighted by atomic mass is 10.1. The number of hydrogen-bond acceptors (Lipinski definition) is 3. The summed E-state index contributed by atoms with van der Waals surface area (Å²) in [5, 5.41) is 3.02. The van der Waals surface area contributed by atoms with Gasteiger partial charge < -0.3 is 5.32 Å². The lowest BCUT2D eigenvalue weighted by molar-refractivity contribution is 0.0924. The average Bonchev–Trinajstić information content (AvgIpc) is 3.17. The van der Waals surface area contributed by atoms with E-state index in [1.165, 1.54) is 11.1 Å². The summed E-state index contributed by atoms with van der Waals surface area (Å²) in [5.74, 6) is -0.101. The number of nitrogens with one attached hydrogen (secondary N) is 1. The lowest BCUT2D eigenvalue weighted by Gasteiger charge is -2.31. The number of sulfonamides is 1. The van der Waals surface area contributed by atoms with E-state index in [0.717, 1.165) is 19.3 Å². The van der Waals surface area contributed by atoms with Crippen LogP contribution in [0.15, 0.2) is 53.4 Å². The van der Waals surface area contributed by atoms with Crippen LogP contribution in [-0.2, 0) is 22.9 Å². The van der Waals surface area contributed by atoms with Gasteiger partial charge in [-0.3, -0.25) is 4.79 Å². The Balaban J connectivity index is 1.39. The van der Waals surface area contributed by atoms with Gasteiger partial charge in [-0.25, -0.2) is 8.42 Å². The minimum atomic E-state index is -3.47. The SMILES string of the molecule is O=C(NC1CCN(S(=O)(=O)c2ccc3c(c2)CCC3)CC1)c1ccccc1. The zero-order chi connectivity index (χ0) is 18.9. The molecule has 1 saturated heterocycles. The average molecular weight is 385 g/mol. The summed E-state index contributed by atoms with van der Waals surface area (Å²) < 4.78 is 27.5. The molecule has 1 N–H and O–H groups in total. The van der Waals surface area contributed by atoms with E-state index >= 15 is 0 Å². The third-order valence-electron chi connectivity index (χ3n) is 5.53. The first kappa shape index (κ1) is 18.2. The Labute approximate surface area is 160 Å². The number of amides is 1. The van der Waals surface area contributed by atoms with Crippen molar-refractivity contribution in [1.82, 2.24) is 9.62 Å². The van der Waals surface area contributed by atoms with Crippen molar-refractivity contribution in [3.63, 3.8) is 0 Å². The molecule has 1 aliphatic carbocycles. The van der Waals surface area contributed by atoms with Gasteiger partial charge in [0.05, 0.1) is 4.90 Å². The van der Waals surface area contributed by atoms with E-state index in [0.29, 0.717) is 36.4 Å². The van der Waals surface area contributed by atoms with Crippen LogP contribution in [0, 0.1) is 0 Å². The Kier molecular flexibility index (Phi) is 5.02. The number of hydrogen-bond donors (Lipinski definition) is 1. The highest BCUT2D eigenvalue weighted by Crippen LogP contribution is 2.27. The van der Waals surface area contributed by atoms with Crippen LogP contribution < -0.4 is 5.32 Å². The Morgan fingerprint density at radius 3 is 2.41 bits per heavy atom. The molecule has 0 radical (unpaired) electrons. The molecule has 0 bridgehead atoms. The molecule has 2 aromatic rings. The van der Waals surface area contributed by atoms with Gasteiger partial charge in [0.25, 0.3) is 5.91 Å². The monoisotopic (exact) mass is 384 g/mol. The van der Waals surface area contributed by atoms with Gasteiger partial charge in [-0.2, -0.15) is 4.31 Å². The molecule has 0 atom stereocenters. The molecule has 0 unspecified atom stereocenters. The second kappa shape index (κ2) is 7.44. The van der Waals surface area contributed by atoms with E-state index in [4.69, 9.17) is 0 Å². The maximum atomic E-state index is 13.0. The quantitative estimate of drug-likeness (QED) is 0.881. The van der Waals surface area contributed by atoms with Crippen LogP contribution in [0.25, 0.3) is 0 Å². The molecular weight excluding hydrogens is 360 g/mol. The summed E-state index contributed by atoms with van der Waals surface area (Å²) in [4.78, 5) is 12.7. The Hall–Kier alpha value is -2.18. The summed E-state index contributed by atoms with van der Waals surface area (Å²) in [6.45, 7) is 0.859. The molecule has 2 aliphatic rings. The van der Waals surface area contributed by atoms with E-state index in [-0.39, 0.29) is 11.9 Å². The third kappa shape index (κ3) is 3.77. The number of nitrogens with zero attached hydrogens (tertiary/aromatic N) is 1. The fourth-order valence-corrected chi connectivity index (χ4v) is 5.48. The molecule has 5 nitrogen and oxygen atoms in total. The van der Waals surface area contributed by atoms with Crippen LogP contribution in [-0.4, -0.2) is 37.8 Å². The highest BCUT2D eigenvalue weighted by Gasteiger charge is 2.30. The molecule has 1 amide bonds. The number of aryl methyl sites for hydroxylation is 2. The zero-order valence-electron chi connectivity index (χ0n) is 15.2.